The van der Waals surface area contributed by atoms with Crippen LogP contribution in [0.2, 0.25) is 0 Å². The van der Waals surface area contributed by atoms with E-state index in [0.717, 1.165) is 12.8 Å². The van der Waals surface area contributed by atoms with Crippen molar-refractivity contribution in [3.8, 4) is 0 Å². The Morgan fingerprint density at radius 2 is 2.29 bits per heavy atom. The number of aromatic nitrogens is 2. The number of aliphatic carboxylic acids is 1. The first-order valence-electron chi connectivity index (χ1n) is 6.79. The summed E-state index contributed by atoms with van der Waals surface area (Å²) in [6.45, 7) is 2.63. The maximum atomic E-state index is 11.9. The molecule has 0 saturated heterocycles. The second-order valence-corrected chi connectivity index (χ2v) is 5.35. The summed E-state index contributed by atoms with van der Waals surface area (Å²) in [6.07, 6.45) is 4.80. The topological polar surface area (TPSA) is 105 Å². The average Bonchev–Trinajstić information content (AvgIpc) is 3.19. The largest absolute Gasteiger partial charge is 0.480 e. The highest BCUT2D eigenvalue weighted by Gasteiger charge is 2.48. The van der Waals surface area contributed by atoms with E-state index in [4.69, 9.17) is 4.74 Å². The molecule has 1 aromatic heterocycles. The summed E-state index contributed by atoms with van der Waals surface area (Å²) >= 11 is 0. The molecule has 21 heavy (non-hydrogen) atoms. The summed E-state index contributed by atoms with van der Waals surface area (Å²) in [5.74, 6) is -1.03. The van der Waals surface area contributed by atoms with E-state index in [-0.39, 0.29) is 5.92 Å². The second kappa shape index (κ2) is 6.13. The van der Waals surface area contributed by atoms with Gasteiger partial charge in [0.15, 0.2) is 0 Å². The predicted octanol–water partition coefficient (Wildman–Crippen LogP) is 0.904. The number of carbonyl (C=O) groups excluding carboxylic acids is 1. The molecule has 2 amide bonds. The molecule has 1 aliphatic carbocycles. The summed E-state index contributed by atoms with van der Waals surface area (Å²) in [6, 6.07) is -0.543. The Hall–Kier alpha value is -2.09. The van der Waals surface area contributed by atoms with Crippen LogP contribution in [0.1, 0.15) is 19.8 Å². The van der Waals surface area contributed by atoms with Gasteiger partial charge >= 0.3 is 12.0 Å². The summed E-state index contributed by atoms with van der Waals surface area (Å²) in [5, 5.41) is 18.5. The summed E-state index contributed by atoms with van der Waals surface area (Å²) in [4.78, 5) is 23.3. The van der Waals surface area contributed by atoms with Crippen molar-refractivity contribution in [3.63, 3.8) is 0 Å². The van der Waals surface area contributed by atoms with Gasteiger partial charge in [0.2, 0.25) is 0 Å². The number of carboxylic acid groups (broad SMARTS) is 1. The molecule has 1 atom stereocenters. The Labute approximate surface area is 122 Å². The van der Waals surface area contributed by atoms with Gasteiger partial charge in [0.25, 0.3) is 0 Å². The number of rotatable bonds is 7. The SMILES string of the molecule is COCCn1cc(NC(=O)NC(C)(C(=O)O)C2CC2)cn1. The fourth-order valence-electron chi connectivity index (χ4n) is 2.12. The van der Waals surface area contributed by atoms with Gasteiger partial charge in [-0.25, -0.2) is 9.59 Å². The van der Waals surface area contributed by atoms with E-state index in [1.165, 1.54) is 13.1 Å². The van der Waals surface area contributed by atoms with Crippen LogP contribution in [0.25, 0.3) is 0 Å². The smallest absolute Gasteiger partial charge is 0.329 e. The van der Waals surface area contributed by atoms with Gasteiger partial charge in [-0.05, 0) is 25.7 Å². The third-order valence-corrected chi connectivity index (χ3v) is 3.63. The van der Waals surface area contributed by atoms with E-state index < -0.39 is 17.5 Å². The Bertz CT molecular complexity index is 526. The van der Waals surface area contributed by atoms with Gasteiger partial charge < -0.3 is 20.5 Å². The lowest BCUT2D eigenvalue weighted by atomic mass is 9.96. The van der Waals surface area contributed by atoms with Crippen molar-refractivity contribution in [3.05, 3.63) is 12.4 Å². The van der Waals surface area contributed by atoms with Crippen LogP contribution in [0.5, 0.6) is 0 Å². The van der Waals surface area contributed by atoms with Crippen molar-refractivity contribution in [2.75, 3.05) is 19.0 Å². The maximum absolute atomic E-state index is 11.9. The quantitative estimate of drug-likeness (QED) is 0.693. The minimum atomic E-state index is -1.23. The maximum Gasteiger partial charge on any atom is 0.329 e. The minimum Gasteiger partial charge on any atom is -0.480 e. The van der Waals surface area contributed by atoms with Crippen molar-refractivity contribution in [1.29, 1.82) is 0 Å². The third kappa shape index (κ3) is 3.72. The first kappa shape index (κ1) is 15.3. The number of urea groups is 1. The van der Waals surface area contributed by atoms with Gasteiger partial charge in [-0.1, -0.05) is 0 Å². The molecule has 1 saturated carbocycles. The van der Waals surface area contributed by atoms with Gasteiger partial charge in [0.05, 0.1) is 25.0 Å². The Morgan fingerprint density at radius 1 is 1.57 bits per heavy atom. The zero-order valence-electron chi connectivity index (χ0n) is 12.1. The Balaban J connectivity index is 1.91. The number of carbonyl (C=O) groups is 2. The highest BCUT2D eigenvalue weighted by Crippen LogP contribution is 2.39. The fraction of sp³-hybridized carbons (Fsp3) is 0.615. The average molecular weight is 296 g/mol. The second-order valence-electron chi connectivity index (χ2n) is 5.35. The van der Waals surface area contributed by atoms with Gasteiger partial charge in [-0.15, -0.1) is 0 Å². The van der Waals surface area contributed by atoms with E-state index in [0.29, 0.717) is 18.8 Å². The van der Waals surface area contributed by atoms with Crippen molar-refractivity contribution >= 4 is 17.7 Å². The van der Waals surface area contributed by atoms with Gasteiger partial charge in [0, 0.05) is 13.3 Å². The molecule has 0 radical (unpaired) electrons. The van der Waals surface area contributed by atoms with Gasteiger partial charge in [0.1, 0.15) is 5.54 Å². The molecule has 8 heteroatoms. The van der Waals surface area contributed by atoms with Crippen LogP contribution in [0.4, 0.5) is 10.5 Å². The van der Waals surface area contributed by atoms with E-state index in [1.54, 1.807) is 18.0 Å². The fourth-order valence-corrected chi connectivity index (χ4v) is 2.12. The number of carboxylic acids is 1. The Kier molecular flexibility index (Phi) is 4.46. The van der Waals surface area contributed by atoms with E-state index in [2.05, 4.69) is 15.7 Å². The van der Waals surface area contributed by atoms with Crippen LogP contribution < -0.4 is 10.6 Å². The van der Waals surface area contributed by atoms with Gasteiger partial charge in [-0.2, -0.15) is 5.10 Å². The van der Waals surface area contributed by atoms with E-state index in [1.807, 2.05) is 0 Å². The lowest BCUT2D eigenvalue weighted by Gasteiger charge is -2.25. The van der Waals surface area contributed by atoms with Crippen LogP contribution in [0.3, 0.4) is 0 Å². The molecule has 0 aliphatic heterocycles. The van der Waals surface area contributed by atoms with Crippen LogP contribution in [-0.2, 0) is 16.1 Å². The van der Waals surface area contributed by atoms with E-state index >= 15 is 0 Å². The zero-order valence-corrected chi connectivity index (χ0v) is 12.1. The van der Waals surface area contributed by atoms with Crippen molar-refractivity contribution in [2.45, 2.75) is 31.8 Å². The first-order valence-corrected chi connectivity index (χ1v) is 6.79. The lowest BCUT2D eigenvalue weighted by Crippen LogP contribution is -2.55. The molecule has 0 aromatic carbocycles. The van der Waals surface area contributed by atoms with E-state index in [9.17, 15) is 14.7 Å². The molecule has 2 rings (SSSR count). The molecule has 8 nitrogen and oxygen atoms in total. The monoisotopic (exact) mass is 296 g/mol. The number of anilines is 1. The van der Waals surface area contributed by atoms with Crippen LogP contribution >= 0.6 is 0 Å². The highest BCUT2D eigenvalue weighted by atomic mass is 16.5. The predicted molar refractivity (Wildman–Crippen MR) is 75.0 cm³/mol. The summed E-state index contributed by atoms with van der Waals surface area (Å²) in [7, 11) is 1.60. The van der Waals surface area contributed by atoms with Crippen LogP contribution in [0.15, 0.2) is 12.4 Å². The van der Waals surface area contributed by atoms with Crippen LogP contribution in [0, 0.1) is 5.92 Å². The molecule has 1 aromatic rings. The molecule has 0 spiro atoms. The van der Waals surface area contributed by atoms with Crippen molar-refractivity contribution in [2.24, 2.45) is 5.92 Å². The number of nitrogens with one attached hydrogen (secondary N) is 2. The van der Waals surface area contributed by atoms with Gasteiger partial charge in [-0.3, -0.25) is 4.68 Å². The molecular weight excluding hydrogens is 276 g/mol. The first-order chi connectivity index (χ1) is 9.95. The van der Waals surface area contributed by atoms with Crippen molar-refractivity contribution < 1.29 is 19.4 Å². The molecule has 116 valence electrons. The molecular formula is C13H20N4O4. The number of nitrogens with zero attached hydrogens (tertiary/aromatic N) is 2. The van der Waals surface area contributed by atoms with Crippen LogP contribution in [-0.4, -0.2) is 46.1 Å². The molecule has 1 unspecified atom stereocenters. The number of methoxy groups -OCH3 is 1. The zero-order chi connectivity index (χ0) is 15.5. The standard InChI is InChI=1S/C13H20N4O4/c1-13(11(18)19,9-3-4-9)16-12(20)15-10-7-14-17(8-10)5-6-21-2/h7-9H,3-6H2,1-2H3,(H,18,19)(H2,15,16,20). The molecule has 1 heterocycles. The number of amides is 2. The highest BCUT2D eigenvalue weighted by molar-refractivity contribution is 5.93. The molecule has 1 fully saturated rings. The lowest BCUT2D eigenvalue weighted by molar-refractivity contribution is -0.144. The number of hydrogen-bond acceptors (Lipinski definition) is 4. The molecule has 1 aliphatic rings. The van der Waals surface area contributed by atoms with Crippen molar-refractivity contribution in [1.82, 2.24) is 15.1 Å². The minimum absolute atomic E-state index is 0.00910. The molecule has 3 N–H and O–H groups in total. The number of ether oxygens (including phenoxy) is 1. The summed E-state index contributed by atoms with van der Waals surface area (Å²) < 4.78 is 6.57. The normalized spacial score (nSPS) is 17.0. The summed E-state index contributed by atoms with van der Waals surface area (Å²) in [5.41, 5.74) is -0.719. The Morgan fingerprint density at radius 3 is 2.86 bits per heavy atom. The molecule has 0 bridgehead atoms. The number of hydrogen-bond donors (Lipinski definition) is 3. The third-order valence-electron chi connectivity index (χ3n) is 3.63.